The highest BCUT2D eigenvalue weighted by atomic mass is 16.2. The molecule has 0 bridgehead atoms. The summed E-state index contributed by atoms with van der Waals surface area (Å²) >= 11 is 0. The topological polar surface area (TPSA) is 75.4 Å². The Morgan fingerprint density at radius 2 is 2.05 bits per heavy atom. The van der Waals surface area contributed by atoms with E-state index in [9.17, 15) is 9.59 Å². The van der Waals surface area contributed by atoms with E-state index in [1.54, 1.807) is 0 Å². The van der Waals surface area contributed by atoms with Crippen LogP contribution in [-0.2, 0) is 16.1 Å². The summed E-state index contributed by atoms with van der Waals surface area (Å²) in [5.41, 5.74) is 7.32. The summed E-state index contributed by atoms with van der Waals surface area (Å²) in [5, 5.41) is 2.86. The molecule has 1 aliphatic heterocycles. The molecule has 0 aliphatic carbocycles. The molecule has 0 unspecified atom stereocenters. The van der Waals surface area contributed by atoms with Crippen LogP contribution in [-0.4, -0.2) is 24.9 Å². The third-order valence-electron chi connectivity index (χ3n) is 3.42. The third-order valence-corrected chi connectivity index (χ3v) is 3.42. The number of hydrogen-bond donors (Lipinski definition) is 2. The Kier molecular flexibility index (Phi) is 5.12. The number of nitrogens with zero attached hydrogens (tertiary/aromatic N) is 1. The van der Waals surface area contributed by atoms with Crippen molar-refractivity contribution in [3.05, 3.63) is 29.8 Å². The highest BCUT2D eigenvalue weighted by Crippen LogP contribution is 2.21. The van der Waals surface area contributed by atoms with Gasteiger partial charge in [-0.2, -0.15) is 0 Å². The predicted octanol–water partition coefficient (Wildman–Crippen LogP) is 1.17. The number of amides is 2. The van der Waals surface area contributed by atoms with Crippen LogP contribution in [0.4, 0.5) is 5.69 Å². The highest BCUT2D eigenvalue weighted by molar-refractivity contribution is 5.95. The monoisotopic (exact) mass is 275 g/mol. The molecule has 3 N–H and O–H groups in total. The smallest absolute Gasteiger partial charge is 0.227 e. The zero-order chi connectivity index (χ0) is 14.4. The fourth-order valence-electron chi connectivity index (χ4n) is 2.27. The van der Waals surface area contributed by atoms with Gasteiger partial charge in [-0.15, -0.1) is 0 Å². The van der Waals surface area contributed by atoms with Crippen molar-refractivity contribution >= 4 is 17.5 Å². The molecule has 2 rings (SSSR count). The van der Waals surface area contributed by atoms with Crippen molar-refractivity contribution in [3.63, 3.8) is 0 Å². The molecule has 0 radical (unpaired) electrons. The van der Waals surface area contributed by atoms with Gasteiger partial charge in [0, 0.05) is 31.6 Å². The molecule has 1 aliphatic rings. The number of rotatable bonds is 6. The molecule has 108 valence electrons. The van der Waals surface area contributed by atoms with E-state index in [-0.39, 0.29) is 11.8 Å². The summed E-state index contributed by atoms with van der Waals surface area (Å²) in [6.07, 6.45) is 2.75. The first-order chi connectivity index (χ1) is 9.70. The maximum absolute atomic E-state index is 11.6. The van der Waals surface area contributed by atoms with Crippen LogP contribution in [0.1, 0.15) is 31.2 Å². The summed E-state index contributed by atoms with van der Waals surface area (Å²) in [4.78, 5) is 24.9. The van der Waals surface area contributed by atoms with Crippen molar-refractivity contribution in [3.8, 4) is 0 Å². The number of anilines is 1. The first-order valence-electron chi connectivity index (χ1n) is 7.07. The fourth-order valence-corrected chi connectivity index (χ4v) is 2.27. The van der Waals surface area contributed by atoms with Gasteiger partial charge in [-0.25, -0.2) is 0 Å². The zero-order valence-electron chi connectivity index (χ0n) is 11.6. The summed E-state index contributed by atoms with van der Waals surface area (Å²) in [6, 6.07) is 7.77. The van der Waals surface area contributed by atoms with E-state index < -0.39 is 0 Å². The van der Waals surface area contributed by atoms with Crippen LogP contribution >= 0.6 is 0 Å². The van der Waals surface area contributed by atoms with Gasteiger partial charge in [-0.1, -0.05) is 12.1 Å². The van der Waals surface area contributed by atoms with Crippen LogP contribution < -0.4 is 16.0 Å². The van der Waals surface area contributed by atoms with Crippen LogP contribution in [0.15, 0.2) is 24.3 Å². The van der Waals surface area contributed by atoms with Gasteiger partial charge in [0.2, 0.25) is 11.8 Å². The largest absolute Gasteiger partial charge is 0.352 e. The molecule has 5 heteroatoms. The van der Waals surface area contributed by atoms with Gasteiger partial charge in [0.15, 0.2) is 0 Å². The maximum Gasteiger partial charge on any atom is 0.227 e. The van der Waals surface area contributed by atoms with E-state index in [2.05, 4.69) is 5.32 Å². The Bertz CT molecular complexity index is 471. The summed E-state index contributed by atoms with van der Waals surface area (Å²) in [5.74, 6) is 0.210. The van der Waals surface area contributed by atoms with Crippen molar-refractivity contribution in [1.82, 2.24) is 5.32 Å². The van der Waals surface area contributed by atoms with E-state index in [1.165, 1.54) is 0 Å². The number of carbonyl (C=O) groups excluding carboxylic acids is 2. The second-order valence-electron chi connectivity index (χ2n) is 4.98. The maximum atomic E-state index is 11.6. The molecule has 1 saturated heterocycles. The Labute approximate surface area is 119 Å². The third kappa shape index (κ3) is 3.81. The average Bonchev–Trinajstić information content (AvgIpc) is 2.89. The molecule has 1 fully saturated rings. The highest BCUT2D eigenvalue weighted by Gasteiger charge is 2.21. The van der Waals surface area contributed by atoms with E-state index in [0.29, 0.717) is 32.4 Å². The molecule has 5 nitrogen and oxygen atoms in total. The zero-order valence-corrected chi connectivity index (χ0v) is 11.6. The summed E-state index contributed by atoms with van der Waals surface area (Å²) < 4.78 is 0. The minimum atomic E-state index is 0.0225. The molecule has 1 aromatic carbocycles. The fraction of sp³-hybridized carbons (Fsp3) is 0.467. The number of benzene rings is 1. The van der Waals surface area contributed by atoms with Gasteiger partial charge in [-0.3, -0.25) is 9.59 Å². The van der Waals surface area contributed by atoms with Crippen LogP contribution in [0.2, 0.25) is 0 Å². The van der Waals surface area contributed by atoms with Gasteiger partial charge < -0.3 is 16.0 Å². The number of hydrogen-bond acceptors (Lipinski definition) is 3. The van der Waals surface area contributed by atoms with E-state index in [1.807, 2.05) is 29.2 Å². The molecular formula is C15H21N3O2. The molecule has 1 heterocycles. The predicted molar refractivity (Wildman–Crippen MR) is 78.2 cm³/mol. The molecule has 1 aromatic rings. The van der Waals surface area contributed by atoms with Gasteiger partial charge in [0.25, 0.3) is 0 Å². The summed E-state index contributed by atoms with van der Waals surface area (Å²) in [7, 11) is 0. The summed E-state index contributed by atoms with van der Waals surface area (Å²) in [6.45, 7) is 1.84. The Balaban J connectivity index is 1.85. The SMILES string of the molecule is NCCCC(=O)NCc1ccc(N2CCCC2=O)cc1. The number of nitrogens with two attached hydrogens (primary N) is 1. The number of carbonyl (C=O) groups is 2. The van der Waals surface area contributed by atoms with Gasteiger partial charge in [0.1, 0.15) is 0 Å². The quantitative estimate of drug-likeness (QED) is 0.818. The van der Waals surface area contributed by atoms with Crippen molar-refractivity contribution in [2.24, 2.45) is 5.73 Å². The van der Waals surface area contributed by atoms with E-state index >= 15 is 0 Å². The average molecular weight is 275 g/mol. The Hall–Kier alpha value is -1.88. The van der Waals surface area contributed by atoms with Crippen LogP contribution in [0.3, 0.4) is 0 Å². The lowest BCUT2D eigenvalue weighted by Gasteiger charge is -2.16. The normalized spacial score (nSPS) is 14.7. The van der Waals surface area contributed by atoms with Crippen molar-refractivity contribution in [2.45, 2.75) is 32.2 Å². The second-order valence-corrected chi connectivity index (χ2v) is 4.98. The molecule has 20 heavy (non-hydrogen) atoms. The number of nitrogens with one attached hydrogen (secondary N) is 1. The van der Waals surface area contributed by atoms with Crippen LogP contribution in [0.5, 0.6) is 0 Å². The second kappa shape index (κ2) is 7.05. The molecule has 0 atom stereocenters. The van der Waals surface area contributed by atoms with Crippen LogP contribution in [0.25, 0.3) is 0 Å². The molecule has 0 aromatic heterocycles. The molecule has 0 saturated carbocycles. The Morgan fingerprint density at radius 1 is 1.30 bits per heavy atom. The molecule has 2 amide bonds. The standard InChI is InChI=1S/C15H21N3O2/c16-9-1-3-14(19)17-11-12-5-7-13(8-6-12)18-10-2-4-15(18)20/h5-8H,1-4,9-11,16H2,(H,17,19). The van der Waals surface area contributed by atoms with Crippen molar-refractivity contribution in [1.29, 1.82) is 0 Å². The minimum Gasteiger partial charge on any atom is -0.352 e. The molecule has 0 spiro atoms. The van der Waals surface area contributed by atoms with Gasteiger partial charge in [-0.05, 0) is 37.1 Å². The minimum absolute atomic E-state index is 0.0225. The van der Waals surface area contributed by atoms with Gasteiger partial charge in [0.05, 0.1) is 0 Å². The van der Waals surface area contributed by atoms with Gasteiger partial charge >= 0.3 is 0 Å². The van der Waals surface area contributed by atoms with E-state index in [4.69, 9.17) is 5.73 Å². The van der Waals surface area contributed by atoms with Crippen LogP contribution in [0, 0.1) is 0 Å². The lowest BCUT2D eigenvalue weighted by molar-refractivity contribution is -0.121. The first-order valence-corrected chi connectivity index (χ1v) is 7.07. The van der Waals surface area contributed by atoms with Crippen molar-refractivity contribution < 1.29 is 9.59 Å². The van der Waals surface area contributed by atoms with Crippen molar-refractivity contribution in [2.75, 3.05) is 18.0 Å². The van der Waals surface area contributed by atoms with E-state index in [0.717, 1.165) is 24.2 Å². The lowest BCUT2D eigenvalue weighted by atomic mass is 10.2. The molecular weight excluding hydrogens is 254 g/mol. The lowest BCUT2D eigenvalue weighted by Crippen LogP contribution is -2.24. The first kappa shape index (κ1) is 14.5. The Morgan fingerprint density at radius 3 is 2.65 bits per heavy atom.